The third kappa shape index (κ3) is 1.83. The van der Waals surface area contributed by atoms with Crippen molar-refractivity contribution < 1.29 is 18.7 Å². The van der Waals surface area contributed by atoms with E-state index in [9.17, 15) is 13.6 Å². The van der Waals surface area contributed by atoms with Crippen molar-refractivity contribution in [2.75, 3.05) is 0 Å². The van der Waals surface area contributed by atoms with Gasteiger partial charge in [0.2, 0.25) is 4.96 Å². The van der Waals surface area contributed by atoms with Gasteiger partial charge in [-0.05, 0) is 19.1 Å². The Morgan fingerprint density at radius 1 is 1.30 bits per heavy atom. The van der Waals surface area contributed by atoms with Gasteiger partial charge in [0.25, 0.3) is 0 Å². The summed E-state index contributed by atoms with van der Waals surface area (Å²) in [6, 6.07) is 1.46. The molecule has 2 aromatic heterocycles. The number of halogens is 2. The largest absolute Gasteiger partial charge is 0.478 e. The van der Waals surface area contributed by atoms with Gasteiger partial charge >= 0.3 is 5.97 Å². The van der Waals surface area contributed by atoms with Crippen molar-refractivity contribution in [3.63, 3.8) is 0 Å². The average molecular weight is 296 g/mol. The maximum Gasteiger partial charge on any atom is 0.336 e. The fourth-order valence-electron chi connectivity index (χ4n) is 1.72. The van der Waals surface area contributed by atoms with Crippen LogP contribution in [0, 0.1) is 18.6 Å². The second-order valence-corrected chi connectivity index (χ2v) is 4.92. The first-order valence-electron chi connectivity index (χ1n) is 5.39. The lowest BCUT2D eigenvalue weighted by atomic mass is 10.1. The Labute approximate surface area is 114 Å². The van der Waals surface area contributed by atoms with E-state index < -0.39 is 17.6 Å². The summed E-state index contributed by atoms with van der Waals surface area (Å²) in [5, 5.41) is 21.0. The lowest BCUT2D eigenvalue weighted by Crippen LogP contribution is -2.02. The minimum Gasteiger partial charge on any atom is -0.478 e. The third-order valence-electron chi connectivity index (χ3n) is 2.67. The fraction of sp³-hybridized carbons (Fsp3) is 0.0909. The summed E-state index contributed by atoms with van der Waals surface area (Å²) in [6.07, 6.45) is 0. The molecule has 0 saturated heterocycles. The minimum absolute atomic E-state index is 0.00583. The molecule has 9 heteroatoms. The Kier molecular flexibility index (Phi) is 2.71. The molecule has 0 fully saturated rings. The second-order valence-electron chi connectivity index (χ2n) is 3.97. The van der Waals surface area contributed by atoms with Crippen molar-refractivity contribution in [2.45, 2.75) is 6.92 Å². The van der Waals surface area contributed by atoms with Crippen molar-refractivity contribution in [2.24, 2.45) is 0 Å². The highest BCUT2D eigenvalue weighted by atomic mass is 32.1. The topological polar surface area (TPSA) is 80.4 Å². The molecular formula is C11H6F2N4O2S. The summed E-state index contributed by atoms with van der Waals surface area (Å²) in [6.45, 7) is 1.67. The number of hydrogen-bond donors (Lipinski definition) is 1. The van der Waals surface area contributed by atoms with Gasteiger partial charge in [0.15, 0.2) is 17.5 Å². The Balaban J connectivity index is 2.26. The van der Waals surface area contributed by atoms with Crippen molar-refractivity contribution >= 4 is 22.3 Å². The summed E-state index contributed by atoms with van der Waals surface area (Å²) in [5.41, 5.74) is -0.349. The average Bonchev–Trinajstić information content (AvgIpc) is 2.95. The maximum absolute atomic E-state index is 13.3. The molecule has 3 rings (SSSR count). The number of aromatic nitrogens is 4. The van der Waals surface area contributed by atoms with Crippen LogP contribution in [-0.4, -0.2) is 30.9 Å². The predicted octanol–water partition coefficient (Wildman–Crippen LogP) is 2.14. The van der Waals surface area contributed by atoms with Gasteiger partial charge in [-0.15, -0.1) is 10.2 Å². The van der Waals surface area contributed by atoms with Crippen LogP contribution in [-0.2, 0) is 0 Å². The molecule has 0 atom stereocenters. The lowest BCUT2D eigenvalue weighted by molar-refractivity contribution is 0.0697. The number of carboxylic acids is 1. The van der Waals surface area contributed by atoms with E-state index in [0.717, 1.165) is 17.4 Å². The first-order chi connectivity index (χ1) is 9.47. The number of carbonyl (C=O) groups is 1. The minimum atomic E-state index is -1.36. The molecule has 0 aliphatic carbocycles. The van der Waals surface area contributed by atoms with E-state index >= 15 is 0 Å². The zero-order chi connectivity index (χ0) is 14.4. The second kappa shape index (κ2) is 4.30. The molecule has 0 aliphatic rings. The van der Waals surface area contributed by atoms with Crippen molar-refractivity contribution in [1.29, 1.82) is 0 Å². The van der Waals surface area contributed by atoms with Crippen LogP contribution in [0.1, 0.15) is 16.2 Å². The van der Waals surface area contributed by atoms with Gasteiger partial charge in [-0.1, -0.05) is 11.3 Å². The van der Waals surface area contributed by atoms with Crippen LogP contribution in [0.4, 0.5) is 8.78 Å². The van der Waals surface area contributed by atoms with Gasteiger partial charge in [-0.2, -0.15) is 9.61 Å². The van der Waals surface area contributed by atoms with Crippen LogP contribution in [0.3, 0.4) is 0 Å². The molecule has 1 N–H and O–H groups in total. The molecule has 2 heterocycles. The summed E-state index contributed by atoms with van der Waals surface area (Å²) in [4.78, 5) is 11.6. The Hall–Kier alpha value is -2.42. The monoisotopic (exact) mass is 296 g/mol. The summed E-state index contributed by atoms with van der Waals surface area (Å²) in [5.74, 6) is -3.19. The molecule has 0 saturated carbocycles. The number of carboxylic acid groups (broad SMARTS) is 1. The summed E-state index contributed by atoms with van der Waals surface area (Å²) in [7, 11) is 0. The molecule has 20 heavy (non-hydrogen) atoms. The third-order valence-corrected chi connectivity index (χ3v) is 3.60. The van der Waals surface area contributed by atoms with Crippen molar-refractivity contribution in [1.82, 2.24) is 19.8 Å². The summed E-state index contributed by atoms with van der Waals surface area (Å²) >= 11 is 1.04. The van der Waals surface area contributed by atoms with E-state index in [1.54, 1.807) is 6.92 Å². The Morgan fingerprint density at radius 2 is 2.00 bits per heavy atom. The van der Waals surface area contributed by atoms with Gasteiger partial charge in [0.05, 0.1) is 5.56 Å². The smallest absolute Gasteiger partial charge is 0.336 e. The van der Waals surface area contributed by atoms with Crippen LogP contribution >= 0.6 is 11.3 Å². The predicted molar refractivity (Wildman–Crippen MR) is 65.7 cm³/mol. The number of fused-ring (bicyclic) bond motifs is 1. The molecule has 1 aromatic carbocycles. The van der Waals surface area contributed by atoms with Gasteiger partial charge in [-0.3, -0.25) is 0 Å². The first kappa shape index (κ1) is 12.6. The normalized spacial score (nSPS) is 11.2. The van der Waals surface area contributed by atoms with E-state index in [0.29, 0.717) is 16.9 Å². The quantitative estimate of drug-likeness (QED) is 0.783. The lowest BCUT2D eigenvalue weighted by Gasteiger charge is -2.03. The van der Waals surface area contributed by atoms with Crippen LogP contribution < -0.4 is 0 Å². The van der Waals surface area contributed by atoms with Crippen molar-refractivity contribution in [3.8, 4) is 10.6 Å². The van der Waals surface area contributed by atoms with E-state index in [2.05, 4.69) is 15.3 Å². The number of aryl methyl sites for hydroxylation is 1. The fourth-order valence-corrected chi connectivity index (χ4v) is 2.64. The van der Waals surface area contributed by atoms with Gasteiger partial charge in [-0.25, -0.2) is 13.6 Å². The van der Waals surface area contributed by atoms with Crippen LogP contribution in [0.15, 0.2) is 12.1 Å². The zero-order valence-electron chi connectivity index (χ0n) is 9.96. The number of benzene rings is 1. The molecule has 6 nitrogen and oxygen atoms in total. The molecule has 0 amide bonds. The number of aromatic carboxylic acids is 1. The molecule has 0 spiro atoms. The van der Waals surface area contributed by atoms with Gasteiger partial charge < -0.3 is 5.11 Å². The van der Waals surface area contributed by atoms with E-state index in [1.165, 1.54) is 4.52 Å². The summed E-state index contributed by atoms with van der Waals surface area (Å²) < 4.78 is 27.9. The Bertz CT molecular complexity index is 842. The molecule has 3 aromatic rings. The van der Waals surface area contributed by atoms with Crippen LogP contribution in [0.2, 0.25) is 0 Å². The molecule has 0 unspecified atom stereocenters. The molecular weight excluding hydrogens is 290 g/mol. The molecule has 102 valence electrons. The highest BCUT2D eigenvalue weighted by Crippen LogP contribution is 2.30. The van der Waals surface area contributed by atoms with Crippen LogP contribution in [0.5, 0.6) is 0 Å². The molecule has 0 radical (unpaired) electrons. The molecule has 0 bridgehead atoms. The highest BCUT2D eigenvalue weighted by Gasteiger charge is 2.20. The number of hydrogen-bond acceptors (Lipinski definition) is 5. The molecule has 0 aliphatic heterocycles. The van der Waals surface area contributed by atoms with Gasteiger partial charge in [0.1, 0.15) is 5.01 Å². The standard InChI is InChI=1S/C11H6F2N4O2S/c1-4-14-15-11-17(4)16-9(20-11)5-2-7(12)8(13)3-6(5)10(18)19/h2-3H,1H3,(H,18,19). The van der Waals surface area contributed by atoms with Crippen molar-refractivity contribution in [3.05, 3.63) is 35.2 Å². The van der Waals surface area contributed by atoms with E-state index in [-0.39, 0.29) is 16.1 Å². The highest BCUT2D eigenvalue weighted by molar-refractivity contribution is 7.19. The van der Waals surface area contributed by atoms with E-state index in [4.69, 9.17) is 5.11 Å². The first-order valence-corrected chi connectivity index (χ1v) is 6.20. The zero-order valence-corrected chi connectivity index (χ0v) is 10.8. The number of nitrogens with zero attached hydrogens (tertiary/aromatic N) is 4. The SMILES string of the molecule is Cc1nnc2sc(-c3cc(F)c(F)cc3C(=O)O)nn12. The number of rotatable bonds is 2. The van der Waals surface area contributed by atoms with E-state index in [1.807, 2.05) is 0 Å². The van der Waals surface area contributed by atoms with Gasteiger partial charge in [0, 0.05) is 5.56 Å². The maximum atomic E-state index is 13.3. The Morgan fingerprint density at radius 3 is 2.65 bits per heavy atom. The van der Waals surface area contributed by atoms with Crippen LogP contribution in [0.25, 0.3) is 15.5 Å².